The number of carbonyl (C=O) groups excluding carboxylic acids is 2. The van der Waals surface area contributed by atoms with Crippen LogP contribution >= 0.6 is 0 Å². The third-order valence-corrected chi connectivity index (χ3v) is 3.79. The molecule has 27 heavy (non-hydrogen) atoms. The van der Waals surface area contributed by atoms with Gasteiger partial charge in [0.2, 0.25) is 5.91 Å². The van der Waals surface area contributed by atoms with Crippen LogP contribution in [0.3, 0.4) is 0 Å². The highest BCUT2D eigenvalue weighted by Gasteiger charge is 2.27. The quantitative estimate of drug-likeness (QED) is 0.401. The van der Waals surface area contributed by atoms with Crippen LogP contribution in [0.25, 0.3) is 0 Å². The third kappa shape index (κ3) is 6.08. The summed E-state index contributed by atoms with van der Waals surface area (Å²) in [5.74, 6) is 0.447. The second-order valence-corrected chi connectivity index (χ2v) is 5.82. The first kappa shape index (κ1) is 20.4. The van der Waals surface area contributed by atoms with Gasteiger partial charge >= 0.3 is 12.6 Å². The molecule has 0 saturated carbocycles. The summed E-state index contributed by atoms with van der Waals surface area (Å²) in [4.78, 5) is 30.5. The van der Waals surface area contributed by atoms with Crippen LogP contribution in [0.2, 0.25) is 0 Å². The summed E-state index contributed by atoms with van der Waals surface area (Å²) in [5.41, 5.74) is 0.888. The number of imide groups is 1. The molecule has 0 atom stereocenters. The summed E-state index contributed by atoms with van der Waals surface area (Å²) in [7, 11) is 1.83. The Morgan fingerprint density at radius 1 is 1.37 bits per heavy atom. The van der Waals surface area contributed by atoms with Crippen molar-refractivity contribution in [2.24, 2.45) is 4.99 Å². The zero-order chi connectivity index (χ0) is 19.8. The van der Waals surface area contributed by atoms with Crippen LogP contribution < -0.4 is 15.4 Å². The lowest BCUT2D eigenvalue weighted by atomic mass is 10.2. The standard InChI is InChI=1S/C17H23F2N5O3/c1-3-20-16(21-8-9-24-14(25)10-22-17(24)26)23(2)11-12-4-6-13(7-5-12)27-15(18)19/h4-7,15H,3,8-11H2,1-2H3,(H,20,21)(H,22,26). The number of halogens is 2. The summed E-state index contributed by atoms with van der Waals surface area (Å²) in [6.07, 6.45) is 0. The topological polar surface area (TPSA) is 86.3 Å². The van der Waals surface area contributed by atoms with Crippen LogP contribution in [0.5, 0.6) is 5.75 Å². The molecular weight excluding hydrogens is 360 g/mol. The number of hydrogen-bond donors (Lipinski definition) is 2. The van der Waals surface area contributed by atoms with Crippen molar-refractivity contribution < 1.29 is 23.1 Å². The number of carbonyl (C=O) groups is 2. The van der Waals surface area contributed by atoms with Crippen LogP contribution in [-0.2, 0) is 11.3 Å². The van der Waals surface area contributed by atoms with E-state index in [0.29, 0.717) is 19.0 Å². The van der Waals surface area contributed by atoms with Gasteiger partial charge in [0.05, 0.1) is 19.6 Å². The number of ether oxygens (including phenoxy) is 1. The molecule has 3 amide bonds. The summed E-state index contributed by atoms with van der Waals surface area (Å²) in [5, 5.41) is 5.60. The molecule has 2 N–H and O–H groups in total. The van der Waals surface area contributed by atoms with Gasteiger partial charge in [0.25, 0.3) is 0 Å². The van der Waals surface area contributed by atoms with E-state index in [2.05, 4.69) is 20.4 Å². The first-order chi connectivity index (χ1) is 12.9. The maximum absolute atomic E-state index is 12.2. The zero-order valence-electron chi connectivity index (χ0n) is 15.2. The molecule has 8 nitrogen and oxygen atoms in total. The zero-order valence-corrected chi connectivity index (χ0v) is 15.2. The van der Waals surface area contributed by atoms with Gasteiger partial charge in [-0.05, 0) is 24.6 Å². The lowest BCUT2D eigenvalue weighted by Gasteiger charge is -2.22. The van der Waals surface area contributed by atoms with Crippen molar-refractivity contribution in [2.75, 3.05) is 33.2 Å². The lowest BCUT2D eigenvalue weighted by Crippen LogP contribution is -2.39. The molecule has 0 radical (unpaired) electrons. The number of rotatable bonds is 8. The Kier molecular flexibility index (Phi) is 7.33. The molecule has 1 aliphatic heterocycles. The van der Waals surface area contributed by atoms with Crippen molar-refractivity contribution in [2.45, 2.75) is 20.1 Å². The molecule has 0 spiro atoms. The minimum atomic E-state index is -2.85. The molecule has 0 aliphatic carbocycles. The number of alkyl halides is 2. The monoisotopic (exact) mass is 383 g/mol. The van der Waals surface area contributed by atoms with Crippen molar-refractivity contribution in [1.29, 1.82) is 0 Å². The van der Waals surface area contributed by atoms with E-state index in [0.717, 1.165) is 10.5 Å². The fourth-order valence-corrected chi connectivity index (χ4v) is 2.53. The molecule has 1 saturated heterocycles. The number of amides is 3. The second kappa shape index (κ2) is 9.70. The van der Waals surface area contributed by atoms with Gasteiger partial charge < -0.3 is 20.3 Å². The molecule has 1 aromatic carbocycles. The van der Waals surface area contributed by atoms with Gasteiger partial charge in [0, 0.05) is 20.1 Å². The van der Waals surface area contributed by atoms with Gasteiger partial charge in [-0.15, -0.1) is 0 Å². The van der Waals surface area contributed by atoms with Gasteiger partial charge in [-0.1, -0.05) is 12.1 Å². The van der Waals surface area contributed by atoms with Crippen molar-refractivity contribution in [3.63, 3.8) is 0 Å². The van der Waals surface area contributed by atoms with Crippen LogP contribution in [-0.4, -0.2) is 67.5 Å². The number of nitrogens with zero attached hydrogens (tertiary/aromatic N) is 3. The van der Waals surface area contributed by atoms with Gasteiger partial charge in [0.15, 0.2) is 5.96 Å². The summed E-state index contributed by atoms with van der Waals surface area (Å²) in [6, 6.07) is 5.96. The number of benzene rings is 1. The number of hydrogen-bond acceptors (Lipinski definition) is 4. The number of nitrogens with one attached hydrogen (secondary N) is 2. The lowest BCUT2D eigenvalue weighted by molar-refractivity contribution is -0.124. The Balaban J connectivity index is 1.93. The van der Waals surface area contributed by atoms with E-state index in [1.54, 1.807) is 12.1 Å². The van der Waals surface area contributed by atoms with Gasteiger partial charge in [-0.25, -0.2) is 4.79 Å². The molecule has 0 bridgehead atoms. The Labute approximate surface area is 156 Å². The van der Waals surface area contributed by atoms with E-state index < -0.39 is 12.6 Å². The van der Waals surface area contributed by atoms with E-state index in [1.807, 2.05) is 18.9 Å². The van der Waals surface area contributed by atoms with E-state index >= 15 is 0 Å². The fraction of sp³-hybridized carbons (Fsp3) is 0.471. The third-order valence-electron chi connectivity index (χ3n) is 3.79. The van der Waals surface area contributed by atoms with E-state index in [4.69, 9.17) is 0 Å². The predicted octanol–water partition coefficient (Wildman–Crippen LogP) is 1.24. The average molecular weight is 383 g/mol. The normalized spacial score (nSPS) is 14.6. The molecule has 0 aromatic heterocycles. The second-order valence-electron chi connectivity index (χ2n) is 5.82. The van der Waals surface area contributed by atoms with Crippen LogP contribution in [0, 0.1) is 0 Å². The molecule has 1 aliphatic rings. The minimum absolute atomic E-state index is 0.0216. The molecule has 10 heteroatoms. The summed E-state index contributed by atoms with van der Waals surface area (Å²) in [6.45, 7) is 0.707. The largest absolute Gasteiger partial charge is 0.435 e. The van der Waals surface area contributed by atoms with Crippen molar-refractivity contribution in [3.8, 4) is 5.75 Å². The first-order valence-electron chi connectivity index (χ1n) is 8.52. The Bertz CT molecular complexity index is 666. The maximum Gasteiger partial charge on any atom is 0.387 e. The summed E-state index contributed by atoms with van der Waals surface area (Å²) < 4.78 is 28.7. The van der Waals surface area contributed by atoms with Crippen molar-refractivity contribution in [1.82, 2.24) is 20.4 Å². The van der Waals surface area contributed by atoms with E-state index in [9.17, 15) is 18.4 Å². The fourth-order valence-electron chi connectivity index (χ4n) is 2.53. The Hall–Kier alpha value is -2.91. The number of guanidine groups is 1. The van der Waals surface area contributed by atoms with Crippen LogP contribution in [0.1, 0.15) is 12.5 Å². The highest BCUT2D eigenvalue weighted by molar-refractivity contribution is 6.01. The summed E-state index contributed by atoms with van der Waals surface area (Å²) >= 11 is 0. The molecule has 2 rings (SSSR count). The van der Waals surface area contributed by atoms with Crippen LogP contribution in [0.15, 0.2) is 29.3 Å². The predicted molar refractivity (Wildman–Crippen MR) is 95.6 cm³/mol. The van der Waals surface area contributed by atoms with E-state index in [-0.39, 0.29) is 31.3 Å². The van der Waals surface area contributed by atoms with Gasteiger partial charge in [-0.2, -0.15) is 8.78 Å². The number of aliphatic imine (C=N–C) groups is 1. The first-order valence-corrected chi connectivity index (χ1v) is 8.52. The molecular formula is C17H23F2N5O3. The Morgan fingerprint density at radius 2 is 2.07 bits per heavy atom. The Morgan fingerprint density at radius 3 is 2.63 bits per heavy atom. The van der Waals surface area contributed by atoms with E-state index in [1.165, 1.54) is 12.1 Å². The SMILES string of the molecule is CCNC(=NCCN1C(=O)CNC1=O)N(C)Cc1ccc(OC(F)F)cc1. The molecule has 0 unspecified atom stereocenters. The minimum Gasteiger partial charge on any atom is -0.435 e. The molecule has 1 fully saturated rings. The van der Waals surface area contributed by atoms with Gasteiger partial charge in [-0.3, -0.25) is 14.7 Å². The molecule has 1 aromatic rings. The molecule has 1 heterocycles. The molecule has 148 valence electrons. The van der Waals surface area contributed by atoms with Gasteiger partial charge in [0.1, 0.15) is 5.75 Å². The maximum atomic E-state index is 12.2. The van der Waals surface area contributed by atoms with Crippen molar-refractivity contribution >= 4 is 17.9 Å². The smallest absolute Gasteiger partial charge is 0.387 e. The van der Waals surface area contributed by atoms with Crippen molar-refractivity contribution in [3.05, 3.63) is 29.8 Å². The van der Waals surface area contributed by atoms with Crippen LogP contribution in [0.4, 0.5) is 13.6 Å². The highest BCUT2D eigenvalue weighted by Crippen LogP contribution is 2.15. The average Bonchev–Trinajstić information content (AvgIpc) is 2.94. The number of urea groups is 1. The highest BCUT2D eigenvalue weighted by atomic mass is 19.3.